The molecule has 1 amide bonds. The minimum Gasteiger partial charge on any atom is -0.481 e. The molecule has 0 radical (unpaired) electrons. The van der Waals surface area contributed by atoms with E-state index in [0.29, 0.717) is 36.6 Å². The van der Waals surface area contributed by atoms with Gasteiger partial charge in [-0.2, -0.15) is 0 Å². The molecule has 1 aliphatic rings. The van der Waals surface area contributed by atoms with Gasteiger partial charge < -0.3 is 19.9 Å². The smallest absolute Gasteiger partial charge is 0.303 e. The Morgan fingerprint density at radius 3 is 2.92 bits per heavy atom. The fourth-order valence-electron chi connectivity index (χ4n) is 2.23. The zero-order valence-corrected chi connectivity index (χ0v) is 13.6. The summed E-state index contributed by atoms with van der Waals surface area (Å²) < 4.78 is 10.6. The van der Waals surface area contributed by atoms with Gasteiger partial charge in [0.25, 0.3) is 5.91 Å². The Balaban J connectivity index is 1.57. The van der Waals surface area contributed by atoms with Crippen molar-refractivity contribution < 1.29 is 24.2 Å². The highest BCUT2D eigenvalue weighted by molar-refractivity contribution is 7.13. The van der Waals surface area contributed by atoms with Gasteiger partial charge in [0, 0.05) is 23.9 Å². The number of fused-ring (bicyclic) bond motifs is 1. The lowest BCUT2D eigenvalue weighted by atomic mass is 10.2. The molecule has 0 saturated heterocycles. The van der Waals surface area contributed by atoms with E-state index in [0.717, 1.165) is 10.6 Å². The molecule has 1 aromatic heterocycles. The van der Waals surface area contributed by atoms with E-state index in [2.05, 4.69) is 10.3 Å². The lowest BCUT2D eigenvalue weighted by Crippen LogP contribution is -2.24. The first-order valence-electron chi connectivity index (χ1n) is 7.49. The van der Waals surface area contributed by atoms with Crippen LogP contribution >= 0.6 is 11.3 Å². The lowest BCUT2D eigenvalue weighted by Gasteiger charge is -2.02. The number of hydrogen-bond donors (Lipinski definition) is 2. The molecule has 0 bridgehead atoms. The summed E-state index contributed by atoms with van der Waals surface area (Å²) in [5.41, 5.74) is 1.22. The number of amides is 1. The Kier molecular flexibility index (Phi) is 4.95. The summed E-state index contributed by atoms with van der Waals surface area (Å²) in [5.74, 6) is 0.296. The average Bonchev–Trinajstić information content (AvgIpc) is 3.22. The molecule has 1 aliphatic heterocycles. The minimum atomic E-state index is -0.825. The number of carboxylic acids is 1. The molecule has 126 valence electrons. The highest BCUT2D eigenvalue weighted by atomic mass is 32.1. The summed E-state index contributed by atoms with van der Waals surface area (Å²) in [6.07, 6.45) is 1.27. The van der Waals surface area contributed by atoms with Gasteiger partial charge in [0.1, 0.15) is 10.7 Å². The number of benzene rings is 1. The molecule has 24 heavy (non-hydrogen) atoms. The number of ether oxygens (including phenoxy) is 2. The molecule has 0 aliphatic carbocycles. The highest BCUT2D eigenvalue weighted by Gasteiger charge is 2.16. The van der Waals surface area contributed by atoms with Crippen molar-refractivity contribution in [1.82, 2.24) is 10.3 Å². The monoisotopic (exact) mass is 348 g/mol. The second-order valence-corrected chi connectivity index (χ2v) is 6.07. The van der Waals surface area contributed by atoms with Crippen LogP contribution in [0.4, 0.5) is 0 Å². The largest absolute Gasteiger partial charge is 0.481 e. The molecule has 8 heteroatoms. The summed E-state index contributed by atoms with van der Waals surface area (Å²) in [6, 6.07) is 5.54. The summed E-state index contributed by atoms with van der Waals surface area (Å²) in [4.78, 5) is 26.8. The average molecular weight is 348 g/mol. The Bertz CT molecular complexity index is 759. The third kappa shape index (κ3) is 3.83. The predicted molar refractivity (Wildman–Crippen MR) is 87.5 cm³/mol. The van der Waals surface area contributed by atoms with E-state index in [1.165, 1.54) is 11.3 Å². The van der Waals surface area contributed by atoms with Gasteiger partial charge in [-0.1, -0.05) is 0 Å². The standard InChI is InChI=1S/C16H16N2O5S/c19-14(20)3-1-2-6-17-15(21)11-8-24-16(18-11)10-4-5-12-13(7-10)23-9-22-12/h4-5,7-8H,1-3,6,9H2,(H,17,21)(H,19,20). The van der Waals surface area contributed by atoms with E-state index in [1.807, 2.05) is 18.2 Å². The third-order valence-corrected chi connectivity index (χ3v) is 4.35. The fourth-order valence-corrected chi connectivity index (χ4v) is 3.03. The first-order valence-corrected chi connectivity index (χ1v) is 8.37. The van der Waals surface area contributed by atoms with Gasteiger partial charge in [0.15, 0.2) is 11.5 Å². The van der Waals surface area contributed by atoms with Crippen LogP contribution in [-0.4, -0.2) is 35.3 Å². The second-order valence-electron chi connectivity index (χ2n) is 5.21. The van der Waals surface area contributed by atoms with Gasteiger partial charge in [0.05, 0.1) is 0 Å². The molecule has 2 aromatic rings. The molecule has 2 N–H and O–H groups in total. The Labute approximate surface area is 142 Å². The van der Waals surface area contributed by atoms with Crippen LogP contribution in [-0.2, 0) is 4.79 Å². The van der Waals surface area contributed by atoms with E-state index >= 15 is 0 Å². The number of nitrogens with zero attached hydrogens (tertiary/aromatic N) is 1. The molecule has 0 spiro atoms. The van der Waals surface area contributed by atoms with Crippen molar-refractivity contribution in [3.63, 3.8) is 0 Å². The highest BCUT2D eigenvalue weighted by Crippen LogP contribution is 2.36. The Morgan fingerprint density at radius 1 is 1.25 bits per heavy atom. The summed E-state index contributed by atoms with van der Waals surface area (Å²) in [5, 5.41) is 13.7. The number of carboxylic acid groups (broad SMARTS) is 1. The zero-order chi connectivity index (χ0) is 16.9. The van der Waals surface area contributed by atoms with Gasteiger partial charge in [-0.05, 0) is 31.0 Å². The number of aromatic nitrogens is 1. The first kappa shape index (κ1) is 16.3. The zero-order valence-electron chi connectivity index (χ0n) is 12.8. The third-order valence-electron chi connectivity index (χ3n) is 3.46. The maximum atomic E-state index is 12.0. The van der Waals surface area contributed by atoms with Crippen LogP contribution in [0.1, 0.15) is 29.8 Å². The first-order chi connectivity index (χ1) is 11.6. The molecule has 3 rings (SSSR count). The maximum Gasteiger partial charge on any atom is 0.303 e. The second kappa shape index (κ2) is 7.31. The molecule has 1 aromatic carbocycles. The van der Waals surface area contributed by atoms with Crippen LogP contribution in [0.15, 0.2) is 23.6 Å². The van der Waals surface area contributed by atoms with Crippen LogP contribution in [0.2, 0.25) is 0 Å². The lowest BCUT2D eigenvalue weighted by molar-refractivity contribution is -0.137. The van der Waals surface area contributed by atoms with E-state index in [-0.39, 0.29) is 19.1 Å². The van der Waals surface area contributed by atoms with Gasteiger partial charge in [-0.25, -0.2) is 4.98 Å². The number of hydrogen-bond acceptors (Lipinski definition) is 6. The number of aliphatic carboxylic acids is 1. The van der Waals surface area contributed by atoms with Crippen molar-refractivity contribution in [3.8, 4) is 22.1 Å². The number of carbonyl (C=O) groups excluding carboxylic acids is 1. The molecular weight excluding hydrogens is 332 g/mol. The topological polar surface area (TPSA) is 97.8 Å². The van der Waals surface area contributed by atoms with E-state index in [4.69, 9.17) is 14.6 Å². The minimum absolute atomic E-state index is 0.112. The van der Waals surface area contributed by atoms with Crippen molar-refractivity contribution >= 4 is 23.2 Å². The van der Waals surface area contributed by atoms with Gasteiger partial charge in [-0.15, -0.1) is 11.3 Å². The molecule has 0 atom stereocenters. The van der Waals surface area contributed by atoms with Crippen molar-refractivity contribution in [2.75, 3.05) is 13.3 Å². The predicted octanol–water partition coefficient (Wildman–Crippen LogP) is 2.52. The van der Waals surface area contributed by atoms with Crippen LogP contribution in [0.3, 0.4) is 0 Å². The van der Waals surface area contributed by atoms with Crippen LogP contribution < -0.4 is 14.8 Å². The fraction of sp³-hybridized carbons (Fsp3) is 0.312. The molecule has 0 unspecified atom stereocenters. The normalized spacial score (nSPS) is 12.2. The molecule has 7 nitrogen and oxygen atoms in total. The number of thiazole rings is 1. The van der Waals surface area contributed by atoms with Crippen molar-refractivity contribution in [2.45, 2.75) is 19.3 Å². The summed E-state index contributed by atoms with van der Waals surface area (Å²) in [7, 11) is 0. The number of rotatable bonds is 7. The van der Waals surface area contributed by atoms with Gasteiger partial charge in [-0.3, -0.25) is 9.59 Å². The Hall–Kier alpha value is -2.61. The van der Waals surface area contributed by atoms with Crippen molar-refractivity contribution in [2.24, 2.45) is 0 Å². The summed E-state index contributed by atoms with van der Waals surface area (Å²) >= 11 is 1.38. The van der Waals surface area contributed by atoms with Crippen molar-refractivity contribution in [3.05, 3.63) is 29.3 Å². The molecular formula is C16H16N2O5S. The number of carbonyl (C=O) groups is 2. The van der Waals surface area contributed by atoms with E-state index in [1.54, 1.807) is 5.38 Å². The number of nitrogens with one attached hydrogen (secondary N) is 1. The van der Waals surface area contributed by atoms with Crippen LogP contribution in [0.25, 0.3) is 10.6 Å². The van der Waals surface area contributed by atoms with Gasteiger partial charge in [0.2, 0.25) is 6.79 Å². The SMILES string of the molecule is O=C(O)CCCCNC(=O)c1csc(-c2ccc3c(c2)OCO3)n1. The van der Waals surface area contributed by atoms with Crippen molar-refractivity contribution in [1.29, 1.82) is 0 Å². The van der Waals surface area contributed by atoms with Gasteiger partial charge >= 0.3 is 5.97 Å². The Morgan fingerprint density at radius 2 is 2.08 bits per heavy atom. The van der Waals surface area contributed by atoms with E-state index < -0.39 is 5.97 Å². The quantitative estimate of drug-likeness (QED) is 0.746. The van der Waals surface area contributed by atoms with Crippen LogP contribution in [0, 0.1) is 0 Å². The van der Waals surface area contributed by atoms with Crippen LogP contribution in [0.5, 0.6) is 11.5 Å². The molecule has 0 saturated carbocycles. The maximum absolute atomic E-state index is 12.0. The molecule has 2 heterocycles. The number of unbranched alkanes of at least 4 members (excludes halogenated alkanes) is 1. The van der Waals surface area contributed by atoms with E-state index in [9.17, 15) is 9.59 Å². The summed E-state index contributed by atoms with van der Waals surface area (Å²) in [6.45, 7) is 0.648. The molecule has 0 fully saturated rings.